The summed E-state index contributed by atoms with van der Waals surface area (Å²) in [5.74, 6) is -0.936. The van der Waals surface area contributed by atoms with E-state index >= 15 is 0 Å². The average molecular weight is 338 g/mol. The van der Waals surface area contributed by atoms with Crippen LogP contribution in [0.2, 0.25) is 0 Å². The molecule has 2 N–H and O–H groups in total. The summed E-state index contributed by atoms with van der Waals surface area (Å²) < 4.78 is 19.4. The van der Waals surface area contributed by atoms with Crippen molar-refractivity contribution in [1.29, 1.82) is 0 Å². The van der Waals surface area contributed by atoms with Crippen LogP contribution in [0.3, 0.4) is 0 Å². The molecule has 0 unspecified atom stereocenters. The Bertz CT molecular complexity index is 658. The third-order valence-corrected chi connectivity index (χ3v) is 3.46. The van der Waals surface area contributed by atoms with E-state index in [1.54, 1.807) is 37.3 Å². The van der Waals surface area contributed by atoms with E-state index in [0.29, 0.717) is 26.9 Å². The summed E-state index contributed by atoms with van der Waals surface area (Å²) in [6, 6.07) is 9.61. The molecule has 104 valence electrons. The van der Waals surface area contributed by atoms with Gasteiger partial charge in [0.2, 0.25) is 0 Å². The van der Waals surface area contributed by atoms with Gasteiger partial charge < -0.3 is 10.5 Å². The molecule has 3 nitrogen and oxygen atoms in total. The monoisotopic (exact) mass is 337 g/mol. The SMILES string of the molecule is Cc1c(N)cccc1C(=O)OCc1ccc(Br)cc1F. The maximum absolute atomic E-state index is 13.6. The molecule has 2 aromatic rings. The van der Waals surface area contributed by atoms with E-state index in [1.807, 2.05) is 0 Å². The molecule has 0 aliphatic heterocycles. The van der Waals surface area contributed by atoms with Gasteiger partial charge in [-0.25, -0.2) is 9.18 Å². The molecule has 20 heavy (non-hydrogen) atoms. The third-order valence-electron chi connectivity index (χ3n) is 2.97. The minimum Gasteiger partial charge on any atom is -0.457 e. The summed E-state index contributed by atoms with van der Waals surface area (Å²) in [7, 11) is 0. The molecule has 0 spiro atoms. The molecule has 0 bridgehead atoms. The standard InChI is InChI=1S/C15H13BrFNO2/c1-9-12(3-2-4-14(9)18)15(19)20-8-10-5-6-11(16)7-13(10)17/h2-7H,8,18H2,1H3. The lowest BCUT2D eigenvalue weighted by Gasteiger charge is -2.09. The molecule has 5 heteroatoms. The van der Waals surface area contributed by atoms with Crippen molar-refractivity contribution in [2.45, 2.75) is 13.5 Å². The Morgan fingerprint density at radius 1 is 1.35 bits per heavy atom. The Morgan fingerprint density at radius 2 is 2.10 bits per heavy atom. The minimum absolute atomic E-state index is 0.119. The summed E-state index contributed by atoms with van der Waals surface area (Å²) in [4.78, 5) is 12.0. The van der Waals surface area contributed by atoms with E-state index in [1.165, 1.54) is 6.07 Å². The summed E-state index contributed by atoms with van der Waals surface area (Å²) in [5, 5.41) is 0. The second kappa shape index (κ2) is 6.05. The number of halogens is 2. The fraction of sp³-hybridized carbons (Fsp3) is 0.133. The van der Waals surface area contributed by atoms with Crippen molar-refractivity contribution in [2.24, 2.45) is 0 Å². The van der Waals surface area contributed by atoms with Crippen LogP contribution >= 0.6 is 15.9 Å². The van der Waals surface area contributed by atoms with Gasteiger partial charge >= 0.3 is 5.97 Å². The first-order valence-corrected chi connectivity index (χ1v) is 6.74. The lowest BCUT2D eigenvalue weighted by atomic mass is 10.1. The maximum Gasteiger partial charge on any atom is 0.338 e. The van der Waals surface area contributed by atoms with Gasteiger partial charge in [-0.15, -0.1) is 0 Å². The van der Waals surface area contributed by atoms with Crippen LogP contribution in [0.15, 0.2) is 40.9 Å². The van der Waals surface area contributed by atoms with Gasteiger partial charge in [-0.2, -0.15) is 0 Å². The zero-order valence-electron chi connectivity index (χ0n) is 10.8. The van der Waals surface area contributed by atoms with Crippen LogP contribution in [0, 0.1) is 12.7 Å². The van der Waals surface area contributed by atoms with Crippen molar-refractivity contribution in [3.8, 4) is 0 Å². The van der Waals surface area contributed by atoms with Gasteiger partial charge in [0.15, 0.2) is 0 Å². The molecule has 0 fully saturated rings. The molecule has 0 saturated heterocycles. The largest absolute Gasteiger partial charge is 0.457 e. The highest BCUT2D eigenvalue weighted by molar-refractivity contribution is 9.10. The molecule has 0 aliphatic carbocycles. The molecule has 0 saturated carbocycles. The Kier molecular flexibility index (Phi) is 4.39. The van der Waals surface area contributed by atoms with E-state index in [-0.39, 0.29) is 6.61 Å². The molecular formula is C15H13BrFNO2. The van der Waals surface area contributed by atoms with Gasteiger partial charge in [-0.05, 0) is 36.8 Å². The molecule has 0 aromatic heterocycles. The van der Waals surface area contributed by atoms with Crippen molar-refractivity contribution >= 4 is 27.6 Å². The van der Waals surface area contributed by atoms with Gasteiger partial charge in [0.1, 0.15) is 12.4 Å². The summed E-state index contributed by atoms with van der Waals surface area (Å²) in [6.45, 7) is 1.62. The van der Waals surface area contributed by atoms with E-state index < -0.39 is 11.8 Å². The van der Waals surface area contributed by atoms with Gasteiger partial charge in [-0.3, -0.25) is 0 Å². The first-order chi connectivity index (χ1) is 9.49. The topological polar surface area (TPSA) is 52.3 Å². The number of nitrogens with two attached hydrogens (primary N) is 1. The number of anilines is 1. The van der Waals surface area contributed by atoms with Crippen LogP contribution in [0.5, 0.6) is 0 Å². The number of hydrogen-bond donors (Lipinski definition) is 1. The molecule has 2 rings (SSSR count). The number of nitrogen functional groups attached to an aromatic ring is 1. The van der Waals surface area contributed by atoms with Crippen molar-refractivity contribution in [3.63, 3.8) is 0 Å². The molecule has 0 aliphatic rings. The molecule has 0 heterocycles. The molecule has 2 aromatic carbocycles. The first kappa shape index (κ1) is 14.5. The zero-order chi connectivity index (χ0) is 14.7. The minimum atomic E-state index is -0.517. The van der Waals surface area contributed by atoms with E-state index in [4.69, 9.17) is 10.5 Å². The summed E-state index contributed by atoms with van der Waals surface area (Å²) >= 11 is 3.17. The van der Waals surface area contributed by atoms with E-state index in [0.717, 1.165) is 0 Å². The second-order valence-corrected chi connectivity index (χ2v) is 5.25. The first-order valence-electron chi connectivity index (χ1n) is 5.95. The number of esters is 1. The molecule has 0 atom stereocenters. The highest BCUT2D eigenvalue weighted by Crippen LogP contribution is 2.19. The Balaban J connectivity index is 2.11. The summed E-state index contributed by atoms with van der Waals surface area (Å²) in [5.41, 5.74) is 7.63. The molecule has 0 amide bonds. The van der Waals surface area contributed by atoms with Crippen LogP contribution in [-0.2, 0) is 11.3 Å². The van der Waals surface area contributed by atoms with Crippen molar-refractivity contribution < 1.29 is 13.9 Å². The van der Waals surface area contributed by atoms with Crippen LogP contribution < -0.4 is 5.73 Å². The van der Waals surface area contributed by atoms with Crippen LogP contribution in [0.4, 0.5) is 10.1 Å². The van der Waals surface area contributed by atoms with Crippen LogP contribution in [-0.4, -0.2) is 5.97 Å². The fourth-order valence-corrected chi connectivity index (χ4v) is 2.07. The Labute approximate surface area is 124 Å². The maximum atomic E-state index is 13.6. The van der Waals surface area contributed by atoms with E-state index in [9.17, 15) is 9.18 Å². The highest BCUT2D eigenvalue weighted by Gasteiger charge is 2.13. The van der Waals surface area contributed by atoms with Gasteiger partial charge in [-0.1, -0.05) is 28.1 Å². The average Bonchev–Trinajstić information content (AvgIpc) is 2.40. The number of rotatable bonds is 3. The van der Waals surface area contributed by atoms with Crippen LogP contribution in [0.25, 0.3) is 0 Å². The predicted molar refractivity (Wildman–Crippen MR) is 78.8 cm³/mol. The van der Waals surface area contributed by atoms with Crippen LogP contribution in [0.1, 0.15) is 21.5 Å². The second-order valence-electron chi connectivity index (χ2n) is 4.33. The lowest BCUT2D eigenvalue weighted by molar-refractivity contribution is 0.0468. The number of benzene rings is 2. The number of carbonyl (C=O) groups excluding carboxylic acids is 1. The predicted octanol–water partition coefficient (Wildman–Crippen LogP) is 3.84. The fourth-order valence-electron chi connectivity index (χ4n) is 1.73. The quantitative estimate of drug-likeness (QED) is 0.683. The van der Waals surface area contributed by atoms with Crippen molar-refractivity contribution in [2.75, 3.05) is 5.73 Å². The normalized spacial score (nSPS) is 10.3. The highest BCUT2D eigenvalue weighted by atomic mass is 79.9. The smallest absolute Gasteiger partial charge is 0.338 e. The number of carbonyl (C=O) groups is 1. The summed E-state index contributed by atoms with van der Waals surface area (Å²) in [6.07, 6.45) is 0. The van der Waals surface area contributed by atoms with Gasteiger partial charge in [0.25, 0.3) is 0 Å². The van der Waals surface area contributed by atoms with Gasteiger partial charge in [0.05, 0.1) is 5.56 Å². The lowest BCUT2D eigenvalue weighted by Crippen LogP contribution is -2.09. The number of ether oxygens (including phenoxy) is 1. The zero-order valence-corrected chi connectivity index (χ0v) is 12.4. The third kappa shape index (κ3) is 3.17. The molecule has 0 radical (unpaired) electrons. The van der Waals surface area contributed by atoms with Crippen molar-refractivity contribution in [3.05, 3.63) is 63.4 Å². The Morgan fingerprint density at radius 3 is 2.80 bits per heavy atom. The molecular weight excluding hydrogens is 325 g/mol. The van der Waals surface area contributed by atoms with Gasteiger partial charge in [0, 0.05) is 15.7 Å². The Hall–Kier alpha value is -1.88. The van der Waals surface area contributed by atoms with Crippen molar-refractivity contribution in [1.82, 2.24) is 0 Å². The van der Waals surface area contributed by atoms with E-state index in [2.05, 4.69) is 15.9 Å². The number of hydrogen-bond acceptors (Lipinski definition) is 3.